The fraction of sp³-hybridized carbons (Fsp3) is 0.484. The number of esters is 1. The van der Waals surface area contributed by atoms with Gasteiger partial charge in [-0.15, -0.1) is 0 Å². The number of carbonyl (C=O) groups is 1. The van der Waals surface area contributed by atoms with E-state index in [0.717, 1.165) is 92.5 Å². The number of benzene rings is 1. The summed E-state index contributed by atoms with van der Waals surface area (Å²) in [5.41, 5.74) is 5.17. The van der Waals surface area contributed by atoms with E-state index >= 15 is 0 Å². The molecule has 1 aliphatic carbocycles. The zero-order valence-electron chi connectivity index (χ0n) is 23.5. The monoisotopic (exact) mass is 542 g/mol. The van der Waals surface area contributed by atoms with Crippen molar-refractivity contribution in [2.75, 3.05) is 39.8 Å². The molecule has 0 unspecified atom stereocenters. The number of aryl methyl sites for hydroxylation is 1. The van der Waals surface area contributed by atoms with Crippen LogP contribution in [0.3, 0.4) is 0 Å². The number of piperazine rings is 1. The van der Waals surface area contributed by atoms with E-state index in [9.17, 15) is 9.59 Å². The first-order valence-corrected chi connectivity index (χ1v) is 14.5. The predicted octanol–water partition coefficient (Wildman–Crippen LogP) is 3.76. The molecule has 40 heavy (non-hydrogen) atoms. The van der Waals surface area contributed by atoms with Gasteiger partial charge < -0.3 is 9.64 Å². The van der Waals surface area contributed by atoms with E-state index in [2.05, 4.69) is 40.0 Å². The summed E-state index contributed by atoms with van der Waals surface area (Å²) in [6, 6.07) is 8.95. The third kappa shape index (κ3) is 5.67. The number of rotatable bonds is 10. The lowest BCUT2D eigenvalue weighted by atomic mass is 9.97. The molecule has 9 heteroatoms. The van der Waals surface area contributed by atoms with Gasteiger partial charge in [-0.05, 0) is 67.8 Å². The fourth-order valence-electron chi connectivity index (χ4n) is 5.89. The van der Waals surface area contributed by atoms with Gasteiger partial charge in [0.15, 0.2) is 0 Å². The summed E-state index contributed by atoms with van der Waals surface area (Å²) in [4.78, 5) is 39.0. The molecular weight excluding hydrogens is 504 g/mol. The number of aromatic nitrogens is 4. The summed E-state index contributed by atoms with van der Waals surface area (Å²) in [7, 11) is 2.18. The van der Waals surface area contributed by atoms with E-state index in [0.29, 0.717) is 13.2 Å². The molecule has 2 fully saturated rings. The van der Waals surface area contributed by atoms with Crippen LogP contribution in [-0.2, 0) is 29.0 Å². The largest absolute Gasteiger partial charge is 0.466 e. The number of carbonyl (C=O) groups excluding carboxylic acids is 1. The number of hydrogen-bond acceptors (Lipinski definition) is 7. The summed E-state index contributed by atoms with van der Waals surface area (Å²) in [5, 5.41) is 2.30. The molecule has 9 nitrogen and oxygen atoms in total. The smallest absolute Gasteiger partial charge is 0.329 e. The Morgan fingerprint density at radius 3 is 2.62 bits per heavy atom. The first kappa shape index (κ1) is 26.7. The summed E-state index contributed by atoms with van der Waals surface area (Å²) in [5.74, 6) is -0.250. The SMILES string of the molecule is CC(=O)OCCCCc1c(Cn2c(=O)n(C3CC3)c3ccncc32)ncc2cc(CN3CCN(C)CC3)ccc12. The molecule has 6 rings (SSSR count). The fourth-order valence-corrected chi connectivity index (χ4v) is 5.89. The van der Waals surface area contributed by atoms with Crippen molar-refractivity contribution >= 4 is 27.8 Å². The molecule has 3 aromatic heterocycles. The van der Waals surface area contributed by atoms with Crippen LogP contribution < -0.4 is 5.69 Å². The summed E-state index contributed by atoms with van der Waals surface area (Å²) < 4.78 is 8.93. The second-order valence-corrected chi connectivity index (χ2v) is 11.3. The second-order valence-electron chi connectivity index (χ2n) is 11.3. The zero-order valence-corrected chi connectivity index (χ0v) is 23.5. The molecule has 0 radical (unpaired) electrons. The third-order valence-corrected chi connectivity index (χ3v) is 8.26. The average Bonchev–Trinajstić information content (AvgIpc) is 3.74. The number of pyridine rings is 2. The van der Waals surface area contributed by atoms with Crippen LogP contribution in [0, 0.1) is 0 Å². The molecule has 0 amide bonds. The molecule has 1 saturated heterocycles. The van der Waals surface area contributed by atoms with Gasteiger partial charge in [0.05, 0.1) is 36.1 Å². The first-order chi connectivity index (χ1) is 19.5. The Hall–Kier alpha value is -3.56. The molecular formula is C31H38N6O3. The van der Waals surface area contributed by atoms with Crippen molar-refractivity contribution in [3.63, 3.8) is 0 Å². The molecule has 1 saturated carbocycles. The van der Waals surface area contributed by atoms with Crippen molar-refractivity contribution < 1.29 is 9.53 Å². The Balaban J connectivity index is 1.32. The topological polar surface area (TPSA) is 85.5 Å². The summed E-state index contributed by atoms with van der Waals surface area (Å²) >= 11 is 0. The lowest BCUT2D eigenvalue weighted by Gasteiger charge is -2.32. The minimum absolute atomic E-state index is 0.00993. The van der Waals surface area contributed by atoms with Gasteiger partial charge in [0.1, 0.15) is 0 Å². The quantitative estimate of drug-likeness (QED) is 0.223. The highest BCUT2D eigenvalue weighted by atomic mass is 16.5. The highest BCUT2D eigenvalue weighted by molar-refractivity contribution is 5.86. The molecule has 1 aliphatic heterocycles. The van der Waals surface area contributed by atoms with Gasteiger partial charge in [-0.2, -0.15) is 0 Å². The van der Waals surface area contributed by atoms with Gasteiger partial charge in [-0.3, -0.25) is 28.8 Å². The van der Waals surface area contributed by atoms with Gasteiger partial charge in [0.25, 0.3) is 0 Å². The molecule has 0 N–H and O–H groups in total. The predicted molar refractivity (Wildman–Crippen MR) is 155 cm³/mol. The minimum atomic E-state index is -0.250. The summed E-state index contributed by atoms with van der Waals surface area (Å²) in [6.45, 7) is 7.55. The van der Waals surface area contributed by atoms with Crippen molar-refractivity contribution in [1.82, 2.24) is 28.9 Å². The van der Waals surface area contributed by atoms with Crippen molar-refractivity contribution in [1.29, 1.82) is 0 Å². The number of imidazole rings is 1. The minimum Gasteiger partial charge on any atom is -0.466 e. The molecule has 2 aliphatic rings. The number of hydrogen-bond donors (Lipinski definition) is 0. The molecule has 4 heterocycles. The van der Waals surface area contributed by atoms with E-state index in [4.69, 9.17) is 9.72 Å². The second kappa shape index (κ2) is 11.5. The van der Waals surface area contributed by atoms with E-state index in [1.165, 1.54) is 17.9 Å². The molecule has 4 aromatic rings. The molecule has 210 valence electrons. The van der Waals surface area contributed by atoms with Crippen LogP contribution in [0.15, 0.2) is 47.7 Å². The Labute approximate surface area is 234 Å². The van der Waals surface area contributed by atoms with Gasteiger partial charge >= 0.3 is 11.7 Å². The highest BCUT2D eigenvalue weighted by Crippen LogP contribution is 2.36. The maximum atomic E-state index is 13.6. The van der Waals surface area contributed by atoms with Gasteiger partial charge in [-0.25, -0.2) is 4.79 Å². The van der Waals surface area contributed by atoms with Crippen LogP contribution in [0.5, 0.6) is 0 Å². The Kier molecular flexibility index (Phi) is 7.67. The van der Waals surface area contributed by atoms with Crippen LogP contribution in [0.1, 0.15) is 55.5 Å². The number of ether oxygens (including phenoxy) is 1. The Morgan fingerprint density at radius 1 is 1.02 bits per heavy atom. The van der Waals surface area contributed by atoms with E-state index in [1.54, 1.807) is 12.4 Å². The van der Waals surface area contributed by atoms with Crippen LogP contribution in [0.4, 0.5) is 0 Å². The number of likely N-dealkylation sites (N-methyl/N-ethyl adjacent to an activating group) is 1. The average molecular weight is 543 g/mol. The standard InChI is InChI=1S/C31H38N6O3/c1-22(38)40-16-4-3-5-27-26-9-6-23(20-35-14-12-34(2)13-15-35)17-24(26)18-33-28(27)21-36-30-19-32-11-10-29(30)37(31(36)39)25-7-8-25/h6,9-11,17-19,25H,3-5,7-8,12-16,20-21H2,1-2H3. The van der Waals surface area contributed by atoms with Crippen molar-refractivity contribution in [2.24, 2.45) is 0 Å². The van der Waals surface area contributed by atoms with E-state index in [-0.39, 0.29) is 17.7 Å². The zero-order chi connectivity index (χ0) is 27.6. The van der Waals surface area contributed by atoms with E-state index < -0.39 is 0 Å². The van der Waals surface area contributed by atoms with Crippen molar-refractivity contribution in [3.8, 4) is 0 Å². The number of fused-ring (bicyclic) bond motifs is 2. The van der Waals surface area contributed by atoms with E-state index in [1.807, 2.05) is 21.4 Å². The number of nitrogens with zero attached hydrogens (tertiary/aromatic N) is 6. The van der Waals surface area contributed by atoms with Crippen LogP contribution in [-0.4, -0.2) is 74.7 Å². The number of unbranched alkanes of at least 4 members (excludes halogenated alkanes) is 1. The Bertz CT molecular complexity index is 1580. The van der Waals surface area contributed by atoms with Crippen LogP contribution in [0.25, 0.3) is 21.8 Å². The van der Waals surface area contributed by atoms with Crippen LogP contribution >= 0.6 is 0 Å². The Morgan fingerprint density at radius 2 is 1.85 bits per heavy atom. The molecule has 0 atom stereocenters. The summed E-state index contributed by atoms with van der Waals surface area (Å²) in [6.07, 6.45) is 10.0. The maximum absolute atomic E-state index is 13.6. The molecule has 0 bridgehead atoms. The molecule has 1 aromatic carbocycles. The molecule has 0 spiro atoms. The van der Waals surface area contributed by atoms with Crippen LogP contribution in [0.2, 0.25) is 0 Å². The van der Waals surface area contributed by atoms with Gasteiger partial charge in [0.2, 0.25) is 0 Å². The van der Waals surface area contributed by atoms with Gasteiger partial charge in [0, 0.05) is 63.5 Å². The van der Waals surface area contributed by atoms with Gasteiger partial charge in [-0.1, -0.05) is 12.1 Å². The third-order valence-electron chi connectivity index (χ3n) is 8.26. The normalized spacial score (nSPS) is 16.6. The lowest BCUT2D eigenvalue weighted by molar-refractivity contribution is -0.141. The van der Waals surface area contributed by atoms with Crippen molar-refractivity contribution in [2.45, 2.75) is 58.2 Å². The first-order valence-electron chi connectivity index (χ1n) is 14.5. The lowest BCUT2D eigenvalue weighted by Crippen LogP contribution is -2.43. The highest BCUT2D eigenvalue weighted by Gasteiger charge is 2.29. The maximum Gasteiger partial charge on any atom is 0.329 e. The van der Waals surface area contributed by atoms with Crippen molar-refractivity contribution in [3.05, 3.63) is 70.2 Å².